The van der Waals surface area contributed by atoms with Gasteiger partial charge in [0.2, 0.25) is 0 Å². The molecule has 5 nitrogen and oxygen atoms in total. The van der Waals surface area contributed by atoms with Crippen LogP contribution in [0.1, 0.15) is 51.2 Å². The molecule has 0 aliphatic heterocycles. The van der Waals surface area contributed by atoms with E-state index in [1.54, 1.807) is 14.2 Å². The van der Waals surface area contributed by atoms with Gasteiger partial charge in [0.25, 0.3) is 0 Å². The first kappa shape index (κ1) is 25.3. The lowest BCUT2D eigenvalue weighted by atomic mass is 9.99. The van der Waals surface area contributed by atoms with Gasteiger partial charge in [0.1, 0.15) is 11.5 Å². The van der Waals surface area contributed by atoms with E-state index < -0.39 is 6.10 Å². The van der Waals surface area contributed by atoms with Crippen molar-refractivity contribution in [3.05, 3.63) is 53.1 Å². The summed E-state index contributed by atoms with van der Waals surface area (Å²) < 4.78 is 10.7. The van der Waals surface area contributed by atoms with Crippen LogP contribution in [0.4, 0.5) is 0 Å². The van der Waals surface area contributed by atoms with E-state index >= 15 is 0 Å². The van der Waals surface area contributed by atoms with Crippen molar-refractivity contribution in [1.29, 1.82) is 0 Å². The molecule has 0 saturated heterocycles. The molecule has 3 rings (SSSR count). The Morgan fingerprint density at radius 3 is 2.21 bits per heavy atom. The number of fused-ring (bicyclic) bond motifs is 1. The number of aliphatic hydroxyl groups is 1. The lowest BCUT2D eigenvalue weighted by Crippen LogP contribution is -2.31. The van der Waals surface area contributed by atoms with E-state index in [0.717, 1.165) is 72.2 Å². The first-order valence-corrected chi connectivity index (χ1v) is 12.1. The molecule has 0 fully saturated rings. The van der Waals surface area contributed by atoms with Crippen LogP contribution in [-0.4, -0.2) is 48.8 Å². The van der Waals surface area contributed by atoms with Crippen LogP contribution in [0.25, 0.3) is 22.2 Å². The van der Waals surface area contributed by atoms with Crippen molar-refractivity contribution in [2.24, 2.45) is 0 Å². The molecule has 1 aromatic heterocycles. The van der Waals surface area contributed by atoms with Gasteiger partial charge >= 0.3 is 0 Å². The zero-order valence-corrected chi connectivity index (χ0v) is 20.9. The third-order valence-corrected chi connectivity index (χ3v) is 6.24. The van der Waals surface area contributed by atoms with Crippen molar-refractivity contribution in [2.75, 3.05) is 33.9 Å². The van der Waals surface area contributed by atoms with E-state index in [2.05, 4.69) is 18.7 Å². The summed E-state index contributed by atoms with van der Waals surface area (Å²) in [6, 6.07) is 13.5. The fraction of sp³-hybridized carbons (Fsp3) is 0.444. The van der Waals surface area contributed by atoms with Gasteiger partial charge in [-0.3, -0.25) is 0 Å². The smallest absolute Gasteiger partial charge is 0.139 e. The summed E-state index contributed by atoms with van der Waals surface area (Å²) in [5, 5.41) is 12.7. The molecule has 3 aromatic rings. The topological polar surface area (TPSA) is 54.8 Å². The third-order valence-electron chi connectivity index (χ3n) is 5.95. The van der Waals surface area contributed by atoms with Crippen LogP contribution >= 0.6 is 11.6 Å². The van der Waals surface area contributed by atoms with Crippen LogP contribution in [-0.2, 0) is 0 Å². The van der Waals surface area contributed by atoms with Crippen molar-refractivity contribution < 1.29 is 14.6 Å². The molecule has 33 heavy (non-hydrogen) atoms. The molecule has 2 aromatic carbocycles. The van der Waals surface area contributed by atoms with E-state index in [0.29, 0.717) is 17.3 Å². The van der Waals surface area contributed by atoms with Crippen LogP contribution in [0, 0.1) is 0 Å². The number of hydrogen-bond acceptors (Lipinski definition) is 5. The highest BCUT2D eigenvalue weighted by molar-refractivity contribution is 6.32. The number of aromatic nitrogens is 1. The predicted molar refractivity (Wildman–Crippen MR) is 137 cm³/mol. The Morgan fingerprint density at radius 1 is 0.970 bits per heavy atom. The number of benzene rings is 2. The second kappa shape index (κ2) is 12.2. The maximum Gasteiger partial charge on any atom is 0.139 e. The van der Waals surface area contributed by atoms with Crippen molar-refractivity contribution in [3.8, 4) is 22.8 Å². The molecule has 1 N–H and O–H groups in total. The summed E-state index contributed by atoms with van der Waals surface area (Å²) in [5.41, 5.74) is 3.31. The second-order valence-electron chi connectivity index (χ2n) is 8.35. The zero-order valence-electron chi connectivity index (χ0n) is 20.1. The Kier molecular flexibility index (Phi) is 9.36. The average Bonchev–Trinajstić information content (AvgIpc) is 2.84. The zero-order chi connectivity index (χ0) is 23.8. The van der Waals surface area contributed by atoms with Gasteiger partial charge in [-0.05, 0) is 67.9 Å². The number of halogens is 1. The van der Waals surface area contributed by atoms with E-state index in [-0.39, 0.29) is 0 Å². The quantitative estimate of drug-likeness (QED) is 0.327. The Bertz CT molecular complexity index is 1030. The van der Waals surface area contributed by atoms with Crippen LogP contribution in [0.5, 0.6) is 11.5 Å². The van der Waals surface area contributed by atoms with Crippen LogP contribution < -0.4 is 9.47 Å². The predicted octanol–water partition coefficient (Wildman–Crippen LogP) is 6.51. The van der Waals surface area contributed by atoms with Crippen molar-refractivity contribution in [1.82, 2.24) is 9.88 Å². The molecule has 0 spiro atoms. The normalized spacial score (nSPS) is 12.3. The van der Waals surface area contributed by atoms with Crippen LogP contribution in [0.3, 0.4) is 0 Å². The summed E-state index contributed by atoms with van der Waals surface area (Å²) in [5.74, 6) is 1.35. The third kappa shape index (κ3) is 6.38. The summed E-state index contributed by atoms with van der Waals surface area (Å²) in [4.78, 5) is 7.23. The molecule has 0 saturated carbocycles. The highest BCUT2D eigenvalue weighted by Crippen LogP contribution is 2.35. The SMILES string of the molecule is CCCCN(CCCC)CC(O)c1cc(-c2ccc(OC)cc2)nc2cc(OC)c(Cl)cc12. The largest absolute Gasteiger partial charge is 0.497 e. The number of ether oxygens (including phenoxy) is 2. The molecular weight excluding hydrogens is 436 g/mol. The molecule has 178 valence electrons. The fourth-order valence-corrected chi connectivity index (χ4v) is 4.24. The number of unbranched alkanes of at least 4 members (excludes halogenated alkanes) is 2. The number of hydrogen-bond donors (Lipinski definition) is 1. The highest BCUT2D eigenvalue weighted by atomic mass is 35.5. The average molecular weight is 471 g/mol. The number of rotatable bonds is 12. The molecule has 0 amide bonds. The van der Waals surface area contributed by atoms with Gasteiger partial charge in [-0.2, -0.15) is 0 Å². The van der Waals surface area contributed by atoms with Crippen LogP contribution in [0.15, 0.2) is 42.5 Å². The summed E-state index contributed by atoms with van der Waals surface area (Å²) >= 11 is 6.45. The summed E-state index contributed by atoms with van der Waals surface area (Å²) in [7, 11) is 3.24. The van der Waals surface area contributed by atoms with Gasteiger partial charge < -0.3 is 19.5 Å². The monoisotopic (exact) mass is 470 g/mol. The minimum Gasteiger partial charge on any atom is -0.497 e. The molecule has 1 unspecified atom stereocenters. The maximum atomic E-state index is 11.4. The Hall–Kier alpha value is -2.34. The second-order valence-corrected chi connectivity index (χ2v) is 8.76. The summed E-state index contributed by atoms with van der Waals surface area (Å²) in [6.45, 7) is 6.93. The van der Waals surface area contributed by atoms with E-state index in [1.165, 1.54) is 0 Å². The molecule has 0 bridgehead atoms. The van der Waals surface area contributed by atoms with E-state index in [9.17, 15) is 5.11 Å². The van der Waals surface area contributed by atoms with Crippen molar-refractivity contribution in [3.63, 3.8) is 0 Å². The standard InChI is InChI=1S/C27H35ClN2O3/c1-5-7-13-30(14-8-6-2)18-26(31)22-16-24(19-9-11-20(32-3)12-10-19)29-25-17-27(33-4)23(28)15-21(22)25/h9-12,15-17,26,31H,5-8,13-14,18H2,1-4H3. The molecular formula is C27H35ClN2O3. The molecule has 6 heteroatoms. The molecule has 1 heterocycles. The van der Waals surface area contributed by atoms with Gasteiger partial charge in [-0.15, -0.1) is 0 Å². The number of pyridine rings is 1. The van der Waals surface area contributed by atoms with Gasteiger partial charge in [-0.25, -0.2) is 4.98 Å². The highest BCUT2D eigenvalue weighted by Gasteiger charge is 2.19. The molecule has 1 atom stereocenters. The Labute approximate surface area is 202 Å². The number of methoxy groups -OCH3 is 2. The Balaban J connectivity index is 2.05. The van der Waals surface area contributed by atoms with Gasteiger partial charge in [0.15, 0.2) is 0 Å². The first-order chi connectivity index (χ1) is 16.0. The Morgan fingerprint density at radius 2 is 1.64 bits per heavy atom. The van der Waals surface area contributed by atoms with Gasteiger partial charge in [0.05, 0.1) is 36.6 Å². The minimum atomic E-state index is -0.661. The molecule has 0 aliphatic rings. The number of nitrogens with zero attached hydrogens (tertiary/aromatic N) is 2. The minimum absolute atomic E-state index is 0.506. The fourth-order valence-electron chi connectivity index (χ4n) is 4.00. The lowest BCUT2D eigenvalue weighted by Gasteiger charge is -2.26. The van der Waals surface area contributed by atoms with Gasteiger partial charge in [0, 0.05) is 23.6 Å². The van der Waals surface area contributed by atoms with Crippen LogP contribution in [0.2, 0.25) is 5.02 Å². The van der Waals surface area contributed by atoms with Crippen molar-refractivity contribution >= 4 is 22.5 Å². The van der Waals surface area contributed by atoms with Crippen molar-refractivity contribution in [2.45, 2.75) is 45.6 Å². The van der Waals surface area contributed by atoms with Gasteiger partial charge in [-0.1, -0.05) is 38.3 Å². The number of aliphatic hydroxyl groups excluding tert-OH is 1. The van der Waals surface area contributed by atoms with E-state index in [4.69, 9.17) is 26.1 Å². The summed E-state index contributed by atoms with van der Waals surface area (Å²) in [6.07, 6.45) is 3.84. The first-order valence-electron chi connectivity index (χ1n) is 11.7. The van der Waals surface area contributed by atoms with E-state index in [1.807, 2.05) is 42.5 Å². The lowest BCUT2D eigenvalue weighted by molar-refractivity contribution is 0.112. The molecule has 0 radical (unpaired) electrons. The maximum absolute atomic E-state index is 11.4. The molecule has 0 aliphatic carbocycles.